The third kappa shape index (κ3) is 9.14. The van der Waals surface area contributed by atoms with Gasteiger partial charge in [0.1, 0.15) is 17.6 Å². The summed E-state index contributed by atoms with van der Waals surface area (Å²) in [5.74, 6) is 0.0473. The number of fused-ring (bicyclic) bond motifs is 1. The van der Waals surface area contributed by atoms with Crippen LogP contribution in [-0.4, -0.2) is 71.0 Å². The molecule has 1 atom stereocenters. The van der Waals surface area contributed by atoms with Gasteiger partial charge in [0, 0.05) is 33.8 Å². The Labute approximate surface area is 240 Å². The van der Waals surface area contributed by atoms with Gasteiger partial charge in [0.25, 0.3) is 5.56 Å². The molecule has 220 valence electrons. The maximum atomic E-state index is 13.3. The molecule has 0 fully saturated rings. The van der Waals surface area contributed by atoms with Crippen molar-refractivity contribution < 1.29 is 19.1 Å². The van der Waals surface area contributed by atoms with Gasteiger partial charge in [-0.2, -0.15) is 0 Å². The summed E-state index contributed by atoms with van der Waals surface area (Å²) in [6, 6.07) is 8.30. The number of carbonyl (C=O) groups excluding carboxylic acids is 3. The van der Waals surface area contributed by atoms with Crippen LogP contribution in [0.4, 0.5) is 5.69 Å². The van der Waals surface area contributed by atoms with Crippen molar-refractivity contribution >= 4 is 34.4 Å². The lowest BCUT2D eigenvalue weighted by molar-refractivity contribution is -0.127. The van der Waals surface area contributed by atoms with Crippen molar-refractivity contribution in [3.05, 3.63) is 70.4 Å². The predicted octanol–water partition coefficient (Wildman–Crippen LogP) is 2.86. The van der Waals surface area contributed by atoms with Gasteiger partial charge in [-0.1, -0.05) is 32.1 Å². The second-order valence-corrected chi connectivity index (χ2v) is 10.5. The Kier molecular flexibility index (Phi) is 11.4. The van der Waals surface area contributed by atoms with Crippen LogP contribution in [0.25, 0.3) is 11.0 Å². The first-order valence-electron chi connectivity index (χ1n) is 13.7. The van der Waals surface area contributed by atoms with Gasteiger partial charge < -0.3 is 29.8 Å². The maximum Gasteiger partial charge on any atom is 0.274 e. The van der Waals surface area contributed by atoms with E-state index >= 15 is 0 Å². The molecule has 11 nitrogen and oxygen atoms in total. The smallest absolute Gasteiger partial charge is 0.274 e. The largest absolute Gasteiger partial charge is 0.384 e. The number of ether oxygens (including phenoxy) is 1. The minimum absolute atomic E-state index is 0.0866. The van der Waals surface area contributed by atoms with E-state index < -0.39 is 17.5 Å². The lowest BCUT2D eigenvalue weighted by Gasteiger charge is -2.18. The molecule has 3 rings (SSSR count). The number of aromatic amines is 1. The van der Waals surface area contributed by atoms with Gasteiger partial charge in [0.15, 0.2) is 0 Å². The summed E-state index contributed by atoms with van der Waals surface area (Å²) in [5, 5.41) is 5.38. The Bertz CT molecular complexity index is 1440. The van der Waals surface area contributed by atoms with Crippen molar-refractivity contribution in [3.8, 4) is 0 Å². The van der Waals surface area contributed by atoms with E-state index in [0.717, 1.165) is 23.0 Å². The van der Waals surface area contributed by atoms with Gasteiger partial charge in [-0.05, 0) is 55.0 Å². The second kappa shape index (κ2) is 14.9. The monoisotopic (exact) mass is 564 g/mol. The summed E-state index contributed by atoms with van der Waals surface area (Å²) < 4.78 is 6.42. The molecule has 0 saturated heterocycles. The molecule has 0 aliphatic rings. The number of carbonyl (C=O) groups is 3. The highest BCUT2D eigenvalue weighted by atomic mass is 16.5. The number of nitrogens with one attached hydrogen (secondary N) is 3. The molecule has 0 aliphatic carbocycles. The molecular weight excluding hydrogens is 524 g/mol. The Morgan fingerprint density at radius 1 is 1.17 bits per heavy atom. The molecule has 11 heteroatoms. The van der Waals surface area contributed by atoms with Gasteiger partial charge >= 0.3 is 0 Å². The first kappa shape index (κ1) is 31.3. The summed E-state index contributed by atoms with van der Waals surface area (Å²) in [7, 11) is 4.77. The van der Waals surface area contributed by atoms with Crippen LogP contribution in [0.15, 0.2) is 53.5 Å². The minimum atomic E-state index is -0.915. The summed E-state index contributed by atoms with van der Waals surface area (Å²) in [6.45, 7) is 4.72. The standard InChI is InChI=1S/C30H40N6O5/c1-20(2)18-21-10-8-12-22-28(21)34-25(31-22)19-36-16-9-13-24(30(36)40)33-29(39)23(32-26(37)15-17-41-5)11-6-7-14-27(38)35(3)4/h7-10,12-14,16,20,23H,6,11,15,17-19H2,1-5H3,(H,31,34)(H,32,37)(H,33,39)/b14-7+. The number of likely N-dealkylation sites (N-methyl/N-ethyl adjacent to an activating group) is 1. The first-order valence-corrected chi connectivity index (χ1v) is 13.7. The number of pyridine rings is 1. The van der Waals surface area contributed by atoms with Gasteiger partial charge in [0.05, 0.1) is 24.2 Å². The van der Waals surface area contributed by atoms with Gasteiger partial charge in [-0.15, -0.1) is 0 Å². The predicted molar refractivity (Wildman–Crippen MR) is 159 cm³/mol. The SMILES string of the molecule is COCCC(=O)NC(CC/C=C/C(=O)N(C)C)C(=O)Nc1cccn(Cc2nc3c(CC(C)C)cccc3[nH]2)c1=O. The van der Waals surface area contributed by atoms with Crippen LogP contribution in [-0.2, 0) is 32.1 Å². The number of methoxy groups -OCH3 is 1. The number of nitrogens with zero attached hydrogens (tertiary/aromatic N) is 3. The number of aromatic nitrogens is 3. The zero-order valence-corrected chi connectivity index (χ0v) is 24.4. The lowest BCUT2D eigenvalue weighted by atomic mass is 10.0. The molecule has 0 saturated carbocycles. The van der Waals surface area contributed by atoms with Crippen molar-refractivity contribution in [1.29, 1.82) is 0 Å². The number of rotatable bonds is 14. The molecule has 41 heavy (non-hydrogen) atoms. The molecule has 0 radical (unpaired) electrons. The number of hydrogen-bond donors (Lipinski definition) is 3. The Morgan fingerprint density at radius 3 is 2.66 bits per heavy atom. The number of hydrogen-bond acceptors (Lipinski definition) is 6. The molecular formula is C30H40N6O5. The highest BCUT2D eigenvalue weighted by Crippen LogP contribution is 2.20. The fraction of sp³-hybridized carbons (Fsp3) is 0.433. The van der Waals surface area contributed by atoms with Crippen LogP contribution in [0.5, 0.6) is 0 Å². The summed E-state index contributed by atoms with van der Waals surface area (Å²) >= 11 is 0. The summed E-state index contributed by atoms with van der Waals surface area (Å²) in [5.41, 5.74) is 2.63. The van der Waals surface area contributed by atoms with Crippen molar-refractivity contribution in [2.45, 2.75) is 52.1 Å². The highest BCUT2D eigenvalue weighted by molar-refractivity contribution is 5.97. The average Bonchev–Trinajstić information content (AvgIpc) is 3.34. The maximum absolute atomic E-state index is 13.3. The Hall–Kier alpha value is -4.25. The van der Waals surface area contributed by atoms with Gasteiger partial charge in [0.2, 0.25) is 17.7 Å². The third-order valence-electron chi connectivity index (χ3n) is 6.38. The number of imidazole rings is 1. The van der Waals surface area contributed by atoms with Crippen LogP contribution in [0.2, 0.25) is 0 Å². The number of allylic oxidation sites excluding steroid dienone is 1. The fourth-order valence-electron chi connectivity index (χ4n) is 4.29. The Balaban J connectivity index is 1.76. The molecule has 1 unspecified atom stereocenters. The fourth-order valence-corrected chi connectivity index (χ4v) is 4.29. The zero-order chi connectivity index (χ0) is 29.9. The molecule has 2 aromatic heterocycles. The molecule has 0 spiro atoms. The number of anilines is 1. The van der Waals surface area contributed by atoms with E-state index in [1.54, 1.807) is 32.4 Å². The van der Waals surface area contributed by atoms with Gasteiger partial charge in [-0.3, -0.25) is 19.2 Å². The number of amides is 3. The average molecular weight is 565 g/mol. The minimum Gasteiger partial charge on any atom is -0.384 e. The van der Waals surface area contributed by atoms with E-state index in [4.69, 9.17) is 9.72 Å². The van der Waals surface area contributed by atoms with Crippen LogP contribution < -0.4 is 16.2 Å². The van der Waals surface area contributed by atoms with E-state index in [1.807, 2.05) is 12.1 Å². The first-order chi connectivity index (χ1) is 19.6. The van der Waals surface area contributed by atoms with Crippen molar-refractivity contribution in [2.24, 2.45) is 5.92 Å². The quantitative estimate of drug-likeness (QED) is 0.258. The van der Waals surface area contributed by atoms with Crippen molar-refractivity contribution in [3.63, 3.8) is 0 Å². The number of H-pyrrole nitrogens is 1. The second-order valence-electron chi connectivity index (χ2n) is 10.5. The summed E-state index contributed by atoms with van der Waals surface area (Å²) in [6.07, 6.45) is 6.29. The van der Waals surface area contributed by atoms with E-state index in [-0.39, 0.29) is 43.5 Å². The molecule has 3 N–H and O–H groups in total. The van der Waals surface area contributed by atoms with Crippen LogP contribution in [0.1, 0.15) is 44.5 Å². The zero-order valence-electron chi connectivity index (χ0n) is 24.4. The third-order valence-corrected chi connectivity index (χ3v) is 6.38. The van der Waals surface area contributed by atoms with Crippen molar-refractivity contribution in [1.82, 2.24) is 24.8 Å². The molecule has 0 bridgehead atoms. The molecule has 1 aromatic carbocycles. The topological polar surface area (TPSA) is 138 Å². The normalized spacial score (nSPS) is 12.1. The Morgan fingerprint density at radius 2 is 1.95 bits per heavy atom. The van der Waals surface area contributed by atoms with E-state index in [1.165, 1.54) is 28.7 Å². The number of benzene rings is 1. The van der Waals surface area contributed by atoms with Crippen molar-refractivity contribution in [2.75, 3.05) is 33.1 Å². The lowest BCUT2D eigenvalue weighted by Crippen LogP contribution is -2.44. The molecule has 2 heterocycles. The molecule has 3 aromatic rings. The van der Waals surface area contributed by atoms with Gasteiger partial charge in [-0.25, -0.2) is 4.98 Å². The van der Waals surface area contributed by atoms with E-state index in [0.29, 0.717) is 18.2 Å². The van der Waals surface area contributed by atoms with E-state index in [9.17, 15) is 19.2 Å². The van der Waals surface area contributed by atoms with Crippen LogP contribution >= 0.6 is 0 Å². The number of para-hydroxylation sites is 1. The van der Waals surface area contributed by atoms with E-state index in [2.05, 4.69) is 35.5 Å². The van der Waals surface area contributed by atoms with Crippen LogP contribution in [0.3, 0.4) is 0 Å². The highest BCUT2D eigenvalue weighted by Gasteiger charge is 2.21. The summed E-state index contributed by atoms with van der Waals surface area (Å²) in [4.78, 5) is 60.1. The van der Waals surface area contributed by atoms with Crippen LogP contribution in [0, 0.1) is 5.92 Å². The molecule has 3 amide bonds. The molecule has 0 aliphatic heterocycles.